The Bertz CT molecular complexity index is 456. The molecule has 0 unspecified atom stereocenters. The summed E-state index contributed by atoms with van der Waals surface area (Å²) in [5.41, 5.74) is -2.62. The third-order valence-electron chi connectivity index (χ3n) is 1.49. The molecule has 1 aromatic rings. The number of halogens is 4. The summed E-state index contributed by atoms with van der Waals surface area (Å²) < 4.78 is 51.2. The van der Waals surface area contributed by atoms with E-state index in [1.54, 1.807) is 0 Å². The molecule has 0 aliphatic heterocycles. The quantitative estimate of drug-likeness (QED) is 0.421. The maximum atomic E-state index is 13.0. The van der Waals surface area contributed by atoms with E-state index in [1.165, 1.54) is 13.8 Å². The van der Waals surface area contributed by atoms with Gasteiger partial charge in [-0.15, -0.1) is 0 Å². The Kier molecular flexibility index (Phi) is 3.19. The first kappa shape index (κ1) is 12.5. The molecule has 0 saturated carbocycles. The van der Waals surface area contributed by atoms with Crippen LogP contribution in [0, 0.1) is 35.4 Å². The molecular weight excluding hydrogens is 226 g/mol. The van der Waals surface area contributed by atoms with Crippen molar-refractivity contribution in [1.82, 2.24) is 4.98 Å². The maximum absolute atomic E-state index is 13.0. The van der Waals surface area contributed by atoms with Gasteiger partial charge in [0.15, 0.2) is 11.6 Å². The topological polar surface area (TPSA) is 33.1 Å². The zero-order valence-corrected chi connectivity index (χ0v) is 8.41. The van der Waals surface area contributed by atoms with E-state index in [2.05, 4.69) is 4.98 Å². The summed E-state index contributed by atoms with van der Waals surface area (Å²) in [6, 6.07) is 0. The van der Waals surface area contributed by atoms with Gasteiger partial charge in [-0.2, -0.15) is 13.8 Å². The molecule has 1 aromatic heterocycles. The lowest BCUT2D eigenvalue weighted by molar-refractivity contribution is 0.143. The number of hydrogen-bond donors (Lipinski definition) is 1. The first-order valence-corrected chi connectivity index (χ1v) is 4.18. The van der Waals surface area contributed by atoms with Crippen LogP contribution in [0.15, 0.2) is 0 Å². The van der Waals surface area contributed by atoms with E-state index < -0.39 is 34.7 Å². The predicted molar refractivity (Wildman–Crippen MR) is 47.2 cm³/mol. The fourth-order valence-corrected chi connectivity index (χ4v) is 0.812. The number of rotatable bonds is 0. The van der Waals surface area contributed by atoms with Crippen LogP contribution < -0.4 is 0 Å². The lowest BCUT2D eigenvalue weighted by Crippen LogP contribution is -2.15. The monoisotopic (exact) mass is 233 g/mol. The van der Waals surface area contributed by atoms with Crippen LogP contribution in [0.3, 0.4) is 0 Å². The molecular formula is C10H7F4NO. The fraction of sp³-hybridized carbons (Fsp3) is 0.300. The van der Waals surface area contributed by atoms with Crippen LogP contribution in [0.25, 0.3) is 0 Å². The van der Waals surface area contributed by atoms with E-state index >= 15 is 0 Å². The van der Waals surface area contributed by atoms with Crippen LogP contribution in [-0.4, -0.2) is 15.7 Å². The molecule has 0 aliphatic carbocycles. The standard InChI is InChI=1S/C10H7F4NO/c1-10(2,16)4-3-5-6(11)8(13)15-9(14)7(5)12/h16H,1-2H3. The zero-order valence-electron chi connectivity index (χ0n) is 8.41. The molecule has 0 fully saturated rings. The lowest BCUT2D eigenvalue weighted by atomic mass is 10.1. The fourth-order valence-electron chi connectivity index (χ4n) is 0.812. The highest BCUT2D eigenvalue weighted by atomic mass is 19.2. The number of aliphatic hydroxyl groups is 1. The molecule has 6 heteroatoms. The third-order valence-corrected chi connectivity index (χ3v) is 1.49. The largest absolute Gasteiger partial charge is 0.378 e. The van der Waals surface area contributed by atoms with Crippen LogP contribution in [0.1, 0.15) is 19.4 Å². The van der Waals surface area contributed by atoms with Gasteiger partial charge in [0.2, 0.25) is 0 Å². The molecule has 16 heavy (non-hydrogen) atoms. The average Bonchev–Trinajstić information content (AvgIpc) is 2.13. The van der Waals surface area contributed by atoms with Crippen molar-refractivity contribution in [2.75, 3.05) is 0 Å². The minimum absolute atomic E-state index is 1.09. The molecule has 86 valence electrons. The Labute approximate surface area is 88.9 Å². The lowest BCUT2D eigenvalue weighted by Gasteiger charge is -2.06. The second-order valence-corrected chi connectivity index (χ2v) is 3.51. The number of hydrogen-bond acceptors (Lipinski definition) is 2. The highest BCUT2D eigenvalue weighted by Crippen LogP contribution is 2.15. The van der Waals surface area contributed by atoms with E-state index in [-0.39, 0.29) is 0 Å². The van der Waals surface area contributed by atoms with Crippen molar-refractivity contribution in [1.29, 1.82) is 0 Å². The maximum Gasteiger partial charge on any atom is 0.253 e. The van der Waals surface area contributed by atoms with E-state index in [4.69, 9.17) is 0 Å². The van der Waals surface area contributed by atoms with Crippen LogP contribution in [0.5, 0.6) is 0 Å². The molecule has 0 radical (unpaired) electrons. The first-order chi connectivity index (χ1) is 7.22. The van der Waals surface area contributed by atoms with Gasteiger partial charge in [0.05, 0.1) is 0 Å². The smallest absolute Gasteiger partial charge is 0.253 e. The molecule has 0 aromatic carbocycles. The predicted octanol–water partition coefficient (Wildman–Crippen LogP) is 1.76. The Balaban J connectivity index is 3.38. The summed E-state index contributed by atoms with van der Waals surface area (Å²) in [6.45, 7) is 2.51. The summed E-state index contributed by atoms with van der Waals surface area (Å²) in [7, 11) is 0. The van der Waals surface area contributed by atoms with Gasteiger partial charge in [-0.1, -0.05) is 11.8 Å². The van der Waals surface area contributed by atoms with Gasteiger partial charge in [0.25, 0.3) is 11.9 Å². The molecule has 1 rings (SSSR count). The number of nitrogens with zero attached hydrogens (tertiary/aromatic N) is 1. The second kappa shape index (κ2) is 4.10. The Morgan fingerprint density at radius 3 is 1.88 bits per heavy atom. The summed E-state index contributed by atoms with van der Waals surface area (Å²) in [5, 5.41) is 9.18. The van der Waals surface area contributed by atoms with Crippen molar-refractivity contribution in [3.8, 4) is 11.8 Å². The summed E-state index contributed by atoms with van der Waals surface area (Å²) in [5.74, 6) is -3.06. The number of pyridine rings is 1. The molecule has 0 aliphatic rings. The van der Waals surface area contributed by atoms with Crippen molar-refractivity contribution in [3.63, 3.8) is 0 Å². The van der Waals surface area contributed by atoms with E-state index in [9.17, 15) is 22.7 Å². The average molecular weight is 233 g/mol. The van der Waals surface area contributed by atoms with Gasteiger partial charge in [0.1, 0.15) is 11.2 Å². The molecule has 0 saturated heterocycles. The minimum Gasteiger partial charge on any atom is -0.378 e. The summed E-state index contributed by atoms with van der Waals surface area (Å²) in [6.07, 6.45) is 0. The summed E-state index contributed by atoms with van der Waals surface area (Å²) >= 11 is 0. The van der Waals surface area contributed by atoms with Gasteiger partial charge in [0, 0.05) is 0 Å². The molecule has 0 bridgehead atoms. The Hall–Kier alpha value is -1.61. The van der Waals surface area contributed by atoms with Crippen LogP contribution in [0.2, 0.25) is 0 Å². The molecule has 2 nitrogen and oxygen atoms in total. The second-order valence-electron chi connectivity index (χ2n) is 3.51. The Morgan fingerprint density at radius 1 is 1.06 bits per heavy atom. The van der Waals surface area contributed by atoms with Crippen LogP contribution in [-0.2, 0) is 0 Å². The highest BCUT2D eigenvalue weighted by molar-refractivity contribution is 5.37. The summed E-state index contributed by atoms with van der Waals surface area (Å²) in [4.78, 5) is 2.36. The number of aromatic nitrogens is 1. The van der Waals surface area contributed by atoms with Gasteiger partial charge < -0.3 is 5.11 Å². The van der Waals surface area contributed by atoms with E-state index in [0.29, 0.717) is 0 Å². The SMILES string of the molecule is CC(C)(O)C#Cc1c(F)c(F)nc(F)c1F. The van der Waals surface area contributed by atoms with E-state index in [0.717, 1.165) is 0 Å². The van der Waals surface area contributed by atoms with Crippen molar-refractivity contribution in [2.24, 2.45) is 0 Å². The van der Waals surface area contributed by atoms with Crippen molar-refractivity contribution in [3.05, 3.63) is 29.1 Å². The molecule has 1 heterocycles. The van der Waals surface area contributed by atoms with Crippen molar-refractivity contribution < 1.29 is 22.7 Å². The van der Waals surface area contributed by atoms with Gasteiger partial charge >= 0.3 is 0 Å². The van der Waals surface area contributed by atoms with Gasteiger partial charge in [-0.25, -0.2) is 8.78 Å². The first-order valence-electron chi connectivity index (χ1n) is 4.18. The van der Waals surface area contributed by atoms with Crippen molar-refractivity contribution >= 4 is 0 Å². The zero-order chi connectivity index (χ0) is 12.5. The normalized spacial score (nSPS) is 10.9. The molecule has 1 N–H and O–H groups in total. The minimum atomic E-state index is -1.78. The van der Waals surface area contributed by atoms with E-state index in [1.807, 2.05) is 11.8 Å². The Morgan fingerprint density at radius 2 is 1.50 bits per heavy atom. The van der Waals surface area contributed by atoms with Gasteiger partial charge in [-0.3, -0.25) is 0 Å². The van der Waals surface area contributed by atoms with Gasteiger partial charge in [-0.05, 0) is 13.8 Å². The molecule has 0 spiro atoms. The molecule has 0 amide bonds. The third kappa shape index (κ3) is 2.70. The van der Waals surface area contributed by atoms with Crippen LogP contribution in [0.4, 0.5) is 17.6 Å². The molecule has 0 atom stereocenters. The highest BCUT2D eigenvalue weighted by Gasteiger charge is 2.19. The van der Waals surface area contributed by atoms with Crippen LogP contribution >= 0.6 is 0 Å². The van der Waals surface area contributed by atoms with Crippen molar-refractivity contribution in [2.45, 2.75) is 19.4 Å².